The number of primary amides is 1. The number of pyridine rings is 1. The van der Waals surface area contributed by atoms with Gasteiger partial charge in [0.1, 0.15) is 24.0 Å². The molecule has 0 aliphatic carbocycles. The third-order valence-electron chi connectivity index (χ3n) is 6.29. The van der Waals surface area contributed by atoms with Gasteiger partial charge in [-0.3, -0.25) is 9.78 Å². The lowest BCUT2D eigenvalue weighted by atomic mass is 10.0. The van der Waals surface area contributed by atoms with Gasteiger partial charge in [0.05, 0.1) is 17.4 Å². The van der Waals surface area contributed by atoms with Crippen molar-refractivity contribution in [3.8, 4) is 5.75 Å². The van der Waals surface area contributed by atoms with E-state index in [9.17, 15) is 4.79 Å². The Labute approximate surface area is 215 Å². The zero-order valence-electron chi connectivity index (χ0n) is 20.4. The number of carbonyl (C=O) groups is 1. The van der Waals surface area contributed by atoms with E-state index in [0.29, 0.717) is 29.5 Å². The molecule has 9 heteroatoms. The van der Waals surface area contributed by atoms with Crippen LogP contribution >= 0.6 is 0 Å². The van der Waals surface area contributed by atoms with Crippen molar-refractivity contribution in [1.82, 2.24) is 15.0 Å². The Morgan fingerprint density at radius 1 is 0.973 bits per heavy atom. The normalized spacial score (nSPS) is 13.7. The molecule has 1 aliphatic heterocycles. The zero-order chi connectivity index (χ0) is 25.5. The Hall–Kier alpha value is -4.66. The fourth-order valence-corrected chi connectivity index (χ4v) is 4.33. The summed E-state index contributed by atoms with van der Waals surface area (Å²) >= 11 is 0. The summed E-state index contributed by atoms with van der Waals surface area (Å²) in [5.41, 5.74) is 8.94. The molecule has 0 unspecified atom stereocenters. The monoisotopic (exact) mass is 495 g/mol. The first-order valence-corrected chi connectivity index (χ1v) is 12.3. The number of carbonyl (C=O) groups excluding carboxylic acids is 1. The summed E-state index contributed by atoms with van der Waals surface area (Å²) < 4.78 is 5.91. The van der Waals surface area contributed by atoms with Gasteiger partial charge in [0.15, 0.2) is 0 Å². The molecule has 9 nitrogen and oxygen atoms in total. The molecule has 37 heavy (non-hydrogen) atoms. The zero-order valence-corrected chi connectivity index (χ0v) is 20.4. The van der Waals surface area contributed by atoms with Gasteiger partial charge >= 0.3 is 0 Å². The van der Waals surface area contributed by atoms with Gasteiger partial charge in [-0.25, -0.2) is 9.97 Å². The molecule has 0 radical (unpaired) electrons. The number of aromatic nitrogens is 3. The van der Waals surface area contributed by atoms with Gasteiger partial charge in [-0.2, -0.15) is 0 Å². The summed E-state index contributed by atoms with van der Waals surface area (Å²) in [6, 6.07) is 20.4. The van der Waals surface area contributed by atoms with Crippen molar-refractivity contribution < 1.29 is 9.53 Å². The number of rotatable bonds is 9. The number of anilines is 4. The molecule has 2 aromatic carbocycles. The average Bonchev–Trinajstić information content (AvgIpc) is 2.94. The topological polar surface area (TPSA) is 118 Å². The maximum absolute atomic E-state index is 12.0. The Bertz CT molecular complexity index is 1310. The van der Waals surface area contributed by atoms with Crippen LogP contribution in [-0.2, 0) is 6.61 Å². The predicted molar refractivity (Wildman–Crippen MR) is 144 cm³/mol. The molecule has 4 aromatic rings. The standard InChI is InChI=1S/C28H29N7O2/c29-28(36)24-17-32-26(34-27-18-30-12-13-31-27)16-25(24)33-21-10-14-35(15-11-21)22-6-8-23(9-7-22)37-19-20-4-2-1-3-5-20/h1-9,12-13,16-18,21H,10-11,14-15,19H2,(H2,29,36)(H2,31,32,33,34). The lowest BCUT2D eigenvalue weighted by Crippen LogP contribution is -2.39. The van der Waals surface area contributed by atoms with Crippen molar-refractivity contribution in [2.45, 2.75) is 25.5 Å². The van der Waals surface area contributed by atoms with Gasteiger partial charge in [-0.1, -0.05) is 30.3 Å². The van der Waals surface area contributed by atoms with Crippen molar-refractivity contribution in [3.05, 3.63) is 96.6 Å². The Morgan fingerprint density at radius 3 is 2.46 bits per heavy atom. The molecule has 188 valence electrons. The van der Waals surface area contributed by atoms with Crippen molar-refractivity contribution in [2.24, 2.45) is 5.73 Å². The quantitative estimate of drug-likeness (QED) is 0.313. The number of hydrogen-bond donors (Lipinski definition) is 3. The maximum Gasteiger partial charge on any atom is 0.252 e. The first kappa shape index (κ1) is 24.1. The number of nitrogens with one attached hydrogen (secondary N) is 2. The number of nitrogens with two attached hydrogens (primary N) is 1. The largest absolute Gasteiger partial charge is 0.489 e. The molecule has 0 spiro atoms. The Morgan fingerprint density at radius 2 is 1.76 bits per heavy atom. The second-order valence-corrected chi connectivity index (χ2v) is 8.87. The minimum atomic E-state index is -0.520. The molecule has 1 fully saturated rings. The lowest BCUT2D eigenvalue weighted by molar-refractivity contribution is 0.100. The first-order chi connectivity index (χ1) is 18.1. The van der Waals surface area contributed by atoms with E-state index in [1.807, 2.05) is 30.3 Å². The minimum absolute atomic E-state index is 0.203. The molecular formula is C28H29N7O2. The molecule has 4 N–H and O–H groups in total. The summed E-state index contributed by atoms with van der Waals surface area (Å²) in [7, 11) is 0. The van der Waals surface area contributed by atoms with Gasteiger partial charge in [0.2, 0.25) is 0 Å². The molecule has 5 rings (SSSR count). The van der Waals surface area contributed by atoms with Crippen LogP contribution in [0, 0.1) is 0 Å². The van der Waals surface area contributed by atoms with Crippen LogP contribution in [0.5, 0.6) is 5.75 Å². The van der Waals surface area contributed by atoms with E-state index in [2.05, 4.69) is 54.8 Å². The maximum atomic E-state index is 12.0. The van der Waals surface area contributed by atoms with E-state index in [0.717, 1.165) is 37.2 Å². The third-order valence-corrected chi connectivity index (χ3v) is 6.29. The smallest absolute Gasteiger partial charge is 0.252 e. The number of amides is 1. The highest BCUT2D eigenvalue weighted by Crippen LogP contribution is 2.27. The number of nitrogens with zero attached hydrogens (tertiary/aromatic N) is 4. The summed E-state index contributed by atoms with van der Waals surface area (Å²) in [6.07, 6.45) is 8.12. The van der Waals surface area contributed by atoms with Crippen molar-refractivity contribution >= 4 is 28.9 Å². The van der Waals surface area contributed by atoms with E-state index in [4.69, 9.17) is 10.5 Å². The number of piperidine rings is 1. The highest BCUT2D eigenvalue weighted by molar-refractivity contribution is 5.98. The Kier molecular flexibility index (Phi) is 7.40. The van der Waals surface area contributed by atoms with E-state index in [1.165, 1.54) is 11.9 Å². The highest BCUT2D eigenvalue weighted by Gasteiger charge is 2.21. The van der Waals surface area contributed by atoms with Crippen LogP contribution in [0.1, 0.15) is 28.8 Å². The number of ether oxygens (including phenoxy) is 1. The third kappa shape index (κ3) is 6.32. The van der Waals surface area contributed by atoms with E-state index in [-0.39, 0.29) is 6.04 Å². The molecule has 2 aromatic heterocycles. The van der Waals surface area contributed by atoms with Crippen LogP contribution in [0.3, 0.4) is 0 Å². The van der Waals surface area contributed by atoms with Crippen LogP contribution < -0.4 is 26.0 Å². The first-order valence-electron chi connectivity index (χ1n) is 12.3. The fourth-order valence-electron chi connectivity index (χ4n) is 4.33. The second-order valence-electron chi connectivity index (χ2n) is 8.87. The second kappa shape index (κ2) is 11.4. The predicted octanol–water partition coefficient (Wildman–Crippen LogP) is 4.37. The summed E-state index contributed by atoms with van der Waals surface area (Å²) in [5.74, 6) is 1.46. The summed E-state index contributed by atoms with van der Waals surface area (Å²) in [6.45, 7) is 2.34. The van der Waals surface area contributed by atoms with Crippen LogP contribution in [0.15, 0.2) is 85.5 Å². The number of hydrogen-bond acceptors (Lipinski definition) is 8. The number of benzene rings is 2. The van der Waals surface area contributed by atoms with Gasteiger partial charge in [-0.15, -0.1) is 0 Å². The van der Waals surface area contributed by atoms with Crippen molar-refractivity contribution in [3.63, 3.8) is 0 Å². The van der Waals surface area contributed by atoms with E-state index in [1.54, 1.807) is 24.7 Å². The van der Waals surface area contributed by atoms with Gasteiger partial charge in [0.25, 0.3) is 5.91 Å². The SMILES string of the molecule is NC(=O)c1cnc(Nc2cnccn2)cc1NC1CCN(c2ccc(OCc3ccccc3)cc2)CC1. The van der Waals surface area contributed by atoms with Gasteiger partial charge < -0.3 is 26.0 Å². The van der Waals surface area contributed by atoms with Crippen LogP contribution in [-0.4, -0.2) is 40.0 Å². The molecule has 1 amide bonds. The molecule has 0 bridgehead atoms. The van der Waals surface area contributed by atoms with Crippen molar-refractivity contribution in [2.75, 3.05) is 28.6 Å². The molecule has 1 aliphatic rings. The highest BCUT2D eigenvalue weighted by atomic mass is 16.5. The fraction of sp³-hybridized carbons (Fsp3) is 0.214. The molecule has 1 saturated heterocycles. The van der Waals surface area contributed by atoms with Gasteiger partial charge in [0, 0.05) is 49.5 Å². The van der Waals surface area contributed by atoms with E-state index < -0.39 is 5.91 Å². The van der Waals surface area contributed by atoms with Crippen molar-refractivity contribution in [1.29, 1.82) is 0 Å². The lowest BCUT2D eigenvalue weighted by Gasteiger charge is -2.34. The Balaban J connectivity index is 1.17. The van der Waals surface area contributed by atoms with Crippen LogP contribution in [0.25, 0.3) is 0 Å². The van der Waals surface area contributed by atoms with Crippen LogP contribution in [0.2, 0.25) is 0 Å². The molecule has 0 atom stereocenters. The summed E-state index contributed by atoms with van der Waals surface area (Å²) in [4.78, 5) is 26.9. The van der Waals surface area contributed by atoms with Gasteiger partial charge in [-0.05, 0) is 42.7 Å². The molecule has 0 saturated carbocycles. The van der Waals surface area contributed by atoms with Crippen LogP contribution in [0.4, 0.5) is 23.0 Å². The summed E-state index contributed by atoms with van der Waals surface area (Å²) in [5, 5.41) is 6.61. The van der Waals surface area contributed by atoms with E-state index >= 15 is 0 Å². The average molecular weight is 496 g/mol. The minimum Gasteiger partial charge on any atom is -0.489 e. The molecule has 3 heterocycles. The molecular weight excluding hydrogens is 466 g/mol.